The van der Waals surface area contributed by atoms with Crippen molar-refractivity contribution in [1.82, 2.24) is 14.8 Å². The number of carbonyl (C=O) groups excluding carboxylic acids is 1. The summed E-state index contributed by atoms with van der Waals surface area (Å²) in [5.41, 5.74) is 2.49. The Morgan fingerprint density at radius 1 is 1.21 bits per heavy atom. The van der Waals surface area contributed by atoms with E-state index in [4.69, 9.17) is 16.3 Å². The number of hydrogen-bond donors (Lipinski definition) is 1. The van der Waals surface area contributed by atoms with Gasteiger partial charge in [0.2, 0.25) is 0 Å². The van der Waals surface area contributed by atoms with Gasteiger partial charge in [-0.1, -0.05) is 17.7 Å². The minimum absolute atomic E-state index is 0.0572. The maximum atomic E-state index is 12.5. The number of hydrogen-bond acceptors (Lipinski definition) is 6. The lowest BCUT2D eigenvalue weighted by molar-refractivity contribution is -0.0498. The van der Waals surface area contributed by atoms with Gasteiger partial charge in [0.05, 0.1) is 10.7 Å². The summed E-state index contributed by atoms with van der Waals surface area (Å²) in [6, 6.07) is 13.1. The van der Waals surface area contributed by atoms with Crippen molar-refractivity contribution in [2.24, 2.45) is 0 Å². The highest BCUT2D eigenvalue weighted by atomic mass is 35.5. The standard InChI is InChI=1S/C22H17ClF2N4O3S/c1-13-2-7-16(23)19(10-13)31-12-29-9-8-17(28-29)20(30)27-22-26-18(11-33-22)14-3-5-15(6-4-14)32-21(24)25/h2-11,21H,12H2,1H3,(H,26,27,30). The lowest BCUT2D eigenvalue weighted by atomic mass is 10.2. The average Bonchev–Trinajstić information content (AvgIpc) is 3.44. The van der Waals surface area contributed by atoms with Crippen LogP contribution >= 0.6 is 22.9 Å². The summed E-state index contributed by atoms with van der Waals surface area (Å²) in [4.78, 5) is 16.9. The van der Waals surface area contributed by atoms with Crippen molar-refractivity contribution in [2.75, 3.05) is 5.32 Å². The van der Waals surface area contributed by atoms with E-state index >= 15 is 0 Å². The zero-order valence-electron chi connectivity index (χ0n) is 17.2. The summed E-state index contributed by atoms with van der Waals surface area (Å²) in [6.07, 6.45) is 1.62. The minimum atomic E-state index is -2.88. The molecule has 4 aromatic rings. The molecule has 170 valence electrons. The third kappa shape index (κ3) is 5.85. The Bertz CT molecular complexity index is 1260. The molecule has 0 unspecified atom stereocenters. The first-order valence-corrected chi connectivity index (χ1v) is 10.9. The molecule has 1 N–H and O–H groups in total. The number of nitrogens with one attached hydrogen (secondary N) is 1. The first kappa shape index (κ1) is 22.7. The number of benzene rings is 2. The molecule has 0 spiro atoms. The fourth-order valence-corrected chi connectivity index (χ4v) is 3.73. The second kappa shape index (κ2) is 9.97. The van der Waals surface area contributed by atoms with Gasteiger partial charge in [0, 0.05) is 17.1 Å². The van der Waals surface area contributed by atoms with E-state index in [1.807, 2.05) is 19.1 Å². The number of aryl methyl sites for hydroxylation is 1. The second-order valence-electron chi connectivity index (χ2n) is 6.84. The van der Waals surface area contributed by atoms with Crippen molar-refractivity contribution >= 4 is 34.0 Å². The molecule has 0 saturated heterocycles. The predicted molar refractivity (Wildman–Crippen MR) is 121 cm³/mol. The molecular weight excluding hydrogens is 474 g/mol. The third-order valence-electron chi connectivity index (χ3n) is 4.41. The fraction of sp³-hybridized carbons (Fsp3) is 0.136. The van der Waals surface area contributed by atoms with Gasteiger partial charge in [-0.15, -0.1) is 11.3 Å². The number of amides is 1. The van der Waals surface area contributed by atoms with Crippen LogP contribution in [0, 0.1) is 6.92 Å². The first-order valence-electron chi connectivity index (χ1n) is 9.62. The van der Waals surface area contributed by atoms with Gasteiger partial charge in [0.15, 0.2) is 17.6 Å². The molecule has 11 heteroatoms. The Kier molecular flexibility index (Phi) is 6.85. The molecule has 2 aromatic heterocycles. The molecule has 7 nitrogen and oxygen atoms in total. The number of ether oxygens (including phenoxy) is 2. The van der Waals surface area contributed by atoms with Crippen LogP contribution in [0.15, 0.2) is 60.1 Å². The maximum Gasteiger partial charge on any atom is 0.387 e. The van der Waals surface area contributed by atoms with Crippen molar-refractivity contribution in [1.29, 1.82) is 0 Å². The van der Waals surface area contributed by atoms with E-state index in [2.05, 4.69) is 20.1 Å². The largest absolute Gasteiger partial charge is 0.470 e. The highest BCUT2D eigenvalue weighted by Gasteiger charge is 2.14. The Hall–Kier alpha value is -3.50. The molecule has 0 atom stereocenters. The zero-order chi connectivity index (χ0) is 23.4. The number of thiazole rings is 1. The second-order valence-corrected chi connectivity index (χ2v) is 8.11. The van der Waals surface area contributed by atoms with Crippen LogP contribution in [0.1, 0.15) is 16.1 Å². The highest BCUT2D eigenvalue weighted by Crippen LogP contribution is 2.27. The fourth-order valence-electron chi connectivity index (χ4n) is 2.84. The van der Waals surface area contributed by atoms with E-state index in [0.29, 0.717) is 27.2 Å². The summed E-state index contributed by atoms with van der Waals surface area (Å²) >= 11 is 7.35. The van der Waals surface area contributed by atoms with Gasteiger partial charge in [0.25, 0.3) is 5.91 Å². The Morgan fingerprint density at radius 2 is 2.00 bits per heavy atom. The van der Waals surface area contributed by atoms with Crippen molar-refractivity contribution < 1.29 is 23.0 Å². The van der Waals surface area contributed by atoms with Crippen molar-refractivity contribution in [3.8, 4) is 22.8 Å². The monoisotopic (exact) mass is 490 g/mol. The SMILES string of the molecule is Cc1ccc(Cl)c(OCn2ccc(C(=O)Nc3nc(-c4ccc(OC(F)F)cc4)cs3)n2)c1. The molecular formula is C22H17ClF2N4O3S. The van der Waals surface area contributed by atoms with Gasteiger partial charge in [-0.05, 0) is 55.0 Å². The number of halogens is 3. The van der Waals surface area contributed by atoms with Gasteiger partial charge in [0.1, 0.15) is 11.5 Å². The lowest BCUT2D eigenvalue weighted by Crippen LogP contribution is -2.14. The van der Waals surface area contributed by atoms with Gasteiger partial charge in [-0.2, -0.15) is 13.9 Å². The maximum absolute atomic E-state index is 12.5. The number of nitrogens with zero attached hydrogens (tertiary/aromatic N) is 3. The van der Waals surface area contributed by atoms with Gasteiger partial charge < -0.3 is 9.47 Å². The predicted octanol–water partition coefficient (Wildman–Crippen LogP) is 5.86. The Morgan fingerprint density at radius 3 is 2.76 bits per heavy atom. The van der Waals surface area contributed by atoms with Crippen molar-refractivity contribution in [3.63, 3.8) is 0 Å². The summed E-state index contributed by atoms with van der Waals surface area (Å²) in [7, 11) is 0. The van der Waals surface area contributed by atoms with E-state index in [1.54, 1.807) is 35.8 Å². The zero-order valence-corrected chi connectivity index (χ0v) is 18.7. The molecule has 33 heavy (non-hydrogen) atoms. The summed E-state index contributed by atoms with van der Waals surface area (Å²) in [5.74, 6) is 0.160. The van der Waals surface area contributed by atoms with Crippen LogP contribution in [-0.4, -0.2) is 27.3 Å². The Balaban J connectivity index is 1.36. The van der Waals surface area contributed by atoms with E-state index in [-0.39, 0.29) is 18.2 Å². The summed E-state index contributed by atoms with van der Waals surface area (Å²) in [5, 5.41) is 9.52. The molecule has 0 aliphatic carbocycles. The van der Waals surface area contributed by atoms with Crippen LogP contribution in [0.4, 0.5) is 13.9 Å². The normalized spacial score (nSPS) is 10.9. The van der Waals surface area contributed by atoms with Crippen LogP contribution < -0.4 is 14.8 Å². The molecule has 2 aromatic carbocycles. The molecule has 0 fully saturated rings. The number of carbonyl (C=O) groups is 1. The van der Waals surface area contributed by atoms with E-state index < -0.39 is 12.5 Å². The quantitative estimate of drug-likeness (QED) is 0.335. The lowest BCUT2D eigenvalue weighted by Gasteiger charge is -2.08. The Labute approximate surface area is 196 Å². The number of rotatable bonds is 8. The molecule has 0 saturated carbocycles. The molecule has 1 amide bonds. The van der Waals surface area contributed by atoms with E-state index in [1.165, 1.54) is 28.2 Å². The summed E-state index contributed by atoms with van der Waals surface area (Å²) in [6.45, 7) is -0.865. The highest BCUT2D eigenvalue weighted by molar-refractivity contribution is 7.14. The first-order chi connectivity index (χ1) is 15.9. The van der Waals surface area contributed by atoms with Crippen molar-refractivity contribution in [3.05, 3.63) is 76.4 Å². The molecule has 0 aliphatic heterocycles. The summed E-state index contributed by atoms with van der Waals surface area (Å²) < 4.78 is 36.0. The van der Waals surface area contributed by atoms with E-state index in [0.717, 1.165) is 5.56 Å². The number of aromatic nitrogens is 3. The van der Waals surface area contributed by atoms with Crippen molar-refractivity contribution in [2.45, 2.75) is 20.3 Å². The molecule has 0 radical (unpaired) electrons. The van der Waals surface area contributed by atoms with Gasteiger partial charge >= 0.3 is 6.61 Å². The van der Waals surface area contributed by atoms with Gasteiger partial charge in [-0.3, -0.25) is 10.1 Å². The topological polar surface area (TPSA) is 78.3 Å². The molecule has 2 heterocycles. The number of alkyl halides is 2. The van der Waals surface area contributed by atoms with E-state index in [9.17, 15) is 13.6 Å². The minimum Gasteiger partial charge on any atom is -0.470 e. The molecule has 0 aliphatic rings. The molecule has 0 bridgehead atoms. The average molecular weight is 491 g/mol. The smallest absolute Gasteiger partial charge is 0.387 e. The van der Waals surface area contributed by atoms with Gasteiger partial charge in [-0.25, -0.2) is 9.67 Å². The molecule has 4 rings (SSSR count). The van der Waals surface area contributed by atoms with Crippen LogP contribution in [0.25, 0.3) is 11.3 Å². The van der Waals surface area contributed by atoms with Crippen LogP contribution in [-0.2, 0) is 6.73 Å². The van der Waals surface area contributed by atoms with Crippen LogP contribution in [0.3, 0.4) is 0 Å². The van der Waals surface area contributed by atoms with Crippen LogP contribution in [0.2, 0.25) is 5.02 Å². The van der Waals surface area contributed by atoms with Crippen LogP contribution in [0.5, 0.6) is 11.5 Å². The third-order valence-corrected chi connectivity index (χ3v) is 5.48. The number of anilines is 1.